The zero-order valence-corrected chi connectivity index (χ0v) is 14.5. The van der Waals surface area contributed by atoms with Gasteiger partial charge in [-0.2, -0.15) is 5.10 Å². The number of aromatic nitrogens is 2. The van der Waals surface area contributed by atoms with Crippen molar-refractivity contribution in [3.8, 4) is 5.69 Å². The molecule has 1 aromatic carbocycles. The third-order valence-electron chi connectivity index (χ3n) is 5.71. The van der Waals surface area contributed by atoms with Gasteiger partial charge in [0.25, 0.3) is 0 Å². The number of fused-ring (bicyclic) bond motifs is 2. The monoisotopic (exact) mass is 347 g/mol. The highest BCUT2D eigenvalue weighted by Crippen LogP contribution is 2.47. The quantitative estimate of drug-likeness (QED) is 0.776. The fourth-order valence-electron chi connectivity index (χ4n) is 4.51. The molecule has 3 aliphatic rings. The Bertz CT molecular complexity index is 891. The number of carbonyl (C=O) groups is 1. The molecule has 132 valence electrons. The zero-order valence-electron chi connectivity index (χ0n) is 14.5. The van der Waals surface area contributed by atoms with Crippen LogP contribution in [0.1, 0.15) is 32.1 Å². The summed E-state index contributed by atoms with van der Waals surface area (Å²) in [5, 5.41) is 4.52. The van der Waals surface area contributed by atoms with E-state index >= 15 is 0 Å². The van der Waals surface area contributed by atoms with Crippen molar-refractivity contribution >= 4 is 11.7 Å². The molecule has 0 bridgehead atoms. The standard InChI is InChI=1S/C21H21N3O2/c25-20-18-10-7-13-23(19(18)21(26-20)11-5-2-6-12-21)17-14-22-24(15-17)16-8-3-1-4-9-16/h1,3-4,7-10,13-15,19H,2,5-6,11-12H2/t19-/m1/s1. The summed E-state index contributed by atoms with van der Waals surface area (Å²) in [6, 6.07) is 9.98. The summed E-state index contributed by atoms with van der Waals surface area (Å²) in [5.41, 5.74) is 2.35. The van der Waals surface area contributed by atoms with Gasteiger partial charge in [0, 0.05) is 6.20 Å². The van der Waals surface area contributed by atoms with Gasteiger partial charge in [0.05, 0.1) is 29.3 Å². The number of nitrogens with zero attached hydrogens (tertiary/aromatic N) is 3. The molecule has 0 radical (unpaired) electrons. The SMILES string of the molecule is O=C1OC2(CCCCC2)[C@H]2C1=CC=CN2c1cnn(-c2ccccc2)c1. The van der Waals surface area contributed by atoms with E-state index in [-0.39, 0.29) is 12.0 Å². The predicted molar refractivity (Wildman–Crippen MR) is 99.0 cm³/mol. The molecule has 1 saturated heterocycles. The van der Waals surface area contributed by atoms with Crippen molar-refractivity contribution in [1.29, 1.82) is 0 Å². The highest BCUT2D eigenvalue weighted by Gasteiger charge is 2.55. The van der Waals surface area contributed by atoms with Gasteiger partial charge in [-0.05, 0) is 50.0 Å². The van der Waals surface area contributed by atoms with Crippen LogP contribution in [0.15, 0.2) is 66.7 Å². The normalized spacial score (nSPS) is 23.7. The molecular weight excluding hydrogens is 326 g/mol. The Balaban J connectivity index is 1.53. The van der Waals surface area contributed by atoms with E-state index in [4.69, 9.17) is 4.74 Å². The number of esters is 1. The highest BCUT2D eigenvalue weighted by atomic mass is 16.6. The van der Waals surface area contributed by atoms with Crippen LogP contribution in [0.3, 0.4) is 0 Å². The van der Waals surface area contributed by atoms with Crippen LogP contribution in [0, 0.1) is 0 Å². The molecule has 5 nitrogen and oxygen atoms in total. The lowest BCUT2D eigenvalue weighted by Gasteiger charge is -2.42. The van der Waals surface area contributed by atoms with E-state index < -0.39 is 5.60 Å². The Morgan fingerprint density at radius 1 is 1.08 bits per heavy atom. The number of rotatable bonds is 2. The molecule has 1 aliphatic carbocycles. The second-order valence-electron chi connectivity index (χ2n) is 7.27. The summed E-state index contributed by atoms with van der Waals surface area (Å²) in [5.74, 6) is -0.165. The Kier molecular flexibility index (Phi) is 3.48. The fourth-order valence-corrected chi connectivity index (χ4v) is 4.51. The number of anilines is 1. The van der Waals surface area contributed by atoms with Gasteiger partial charge >= 0.3 is 5.97 Å². The molecule has 0 unspecified atom stereocenters. The third kappa shape index (κ3) is 2.30. The van der Waals surface area contributed by atoms with Crippen LogP contribution in [0.25, 0.3) is 5.69 Å². The lowest BCUT2D eigenvalue weighted by atomic mass is 9.77. The Labute approximate surface area is 152 Å². The van der Waals surface area contributed by atoms with Crippen LogP contribution < -0.4 is 4.90 Å². The van der Waals surface area contributed by atoms with E-state index in [1.54, 1.807) is 0 Å². The van der Waals surface area contributed by atoms with E-state index in [9.17, 15) is 4.79 Å². The average molecular weight is 347 g/mol. The maximum atomic E-state index is 12.5. The van der Waals surface area contributed by atoms with Crippen molar-refractivity contribution < 1.29 is 9.53 Å². The topological polar surface area (TPSA) is 47.4 Å². The van der Waals surface area contributed by atoms with Crippen molar-refractivity contribution in [3.05, 3.63) is 66.7 Å². The molecular formula is C21H21N3O2. The molecule has 2 fully saturated rings. The van der Waals surface area contributed by atoms with Crippen LogP contribution in [-0.4, -0.2) is 27.4 Å². The van der Waals surface area contributed by atoms with Crippen LogP contribution in [0.2, 0.25) is 0 Å². The van der Waals surface area contributed by atoms with E-state index in [0.717, 1.165) is 42.6 Å². The highest BCUT2D eigenvalue weighted by molar-refractivity contribution is 5.95. The van der Waals surface area contributed by atoms with Gasteiger partial charge in [-0.15, -0.1) is 0 Å². The molecule has 0 amide bonds. The lowest BCUT2D eigenvalue weighted by Crippen LogP contribution is -2.50. The largest absolute Gasteiger partial charge is 0.453 e. The third-order valence-corrected chi connectivity index (χ3v) is 5.71. The van der Waals surface area contributed by atoms with Gasteiger partial charge in [-0.3, -0.25) is 0 Å². The van der Waals surface area contributed by atoms with Crippen molar-refractivity contribution in [2.45, 2.75) is 43.7 Å². The minimum absolute atomic E-state index is 0.0614. The van der Waals surface area contributed by atoms with Crippen molar-refractivity contribution in [2.24, 2.45) is 0 Å². The van der Waals surface area contributed by atoms with E-state index in [1.165, 1.54) is 6.42 Å². The molecule has 2 aromatic rings. The van der Waals surface area contributed by atoms with Crippen LogP contribution in [-0.2, 0) is 9.53 Å². The Morgan fingerprint density at radius 3 is 2.69 bits per heavy atom. The smallest absolute Gasteiger partial charge is 0.336 e. The van der Waals surface area contributed by atoms with Gasteiger partial charge in [0.15, 0.2) is 0 Å². The molecule has 1 spiro atoms. The van der Waals surface area contributed by atoms with E-state index in [1.807, 2.05) is 65.8 Å². The Hall–Kier alpha value is -2.82. The molecule has 1 aromatic heterocycles. The first-order valence-electron chi connectivity index (χ1n) is 9.27. The number of allylic oxidation sites excluding steroid dienone is 2. The zero-order chi connectivity index (χ0) is 17.6. The predicted octanol–water partition coefficient (Wildman–Crippen LogP) is 3.76. The number of ether oxygens (including phenoxy) is 1. The second-order valence-corrected chi connectivity index (χ2v) is 7.27. The van der Waals surface area contributed by atoms with Crippen LogP contribution in [0.5, 0.6) is 0 Å². The van der Waals surface area contributed by atoms with Crippen molar-refractivity contribution in [2.75, 3.05) is 4.90 Å². The fraction of sp³-hybridized carbons (Fsp3) is 0.333. The molecule has 3 heterocycles. The molecule has 5 rings (SSSR count). The first-order valence-corrected chi connectivity index (χ1v) is 9.27. The number of hydrogen-bond acceptors (Lipinski definition) is 4. The van der Waals surface area contributed by atoms with Crippen molar-refractivity contribution in [3.63, 3.8) is 0 Å². The number of benzene rings is 1. The van der Waals surface area contributed by atoms with Crippen LogP contribution >= 0.6 is 0 Å². The summed E-state index contributed by atoms with van der Waals surface area (Å²) in [7, 11) is 0. The molecule has 1 atom stereocenters. The van der Waals surface area contributed by atoms with Gasteiger partial charge < -0.3 is 9.64 Å². The van der Waals surface area contributed by atoms with Gasteiger partial charge in [-0.1, -0.05) is 24.6 Å². The number of carbonyl (C=O) groups excluding carboxylic acids is 1. The van der Waals surface area contributed by atoms with E-state index in [2.05, 4.69) is 10.00 Å². The summed E-state index contributed by atoms with van der Waals surface area (Å²) in [6.07, 6.45) is 15.0. The van der Waals surface area contributed by atoms with Gasteiger partial charge in [0.1, 0.15) is 11.6 Å². The number of para-hydroxylation sites is 1. The molecule has 5 heteroatoms. The summed E-state index contributed by atoms with van der Waals surface area (Å²) >= 11 is 0. The number of hydrogen-bond donors (Lipinski definition) is 0. The second kappa shape index (κ2) is 5.87. The average Bonchev–Trinajstić information content (AvgIpc) is 3.28. The summed E-state index contributed by atoms with van der Waals surface area (Å²) < 4.78 is 7.83. The molecule has 26 heavy (non-hydrogen) atoms. The van der Waals surface area contributed by atoms with Gasteiger partial charge in [-0.25, -0.2) is 9.48 Å². The minimum Gasteiger partial charge on any atom is -0.453 e. The molecule has 1 saturated carbocycles. The first-order chi connectivity index (χ1) is 12.8. The molecule has 2 aliphatic heterocycles. The lowest BCUT2D eigenvalue weighted by molar-refractivity contribution is -0.149. The first kappa shape index (κ1) is 15.4. The summed E-state index contributed by atoms with van der Waals surface area (Å²) in [4.78, 5) is 14.7. The summed E-state index contributed by atoms with van der Waals surface area (Å²) in [6.45, 7) is 0. The maximum absolute atomic E-state index is 12.5. The van der Waals surface area contributed by atoms with Crippen molar-refractivity contribution in [1.82, 2.24) is 9.78 Å². The molecule has 0 N–H and O–H groups in total. The van der Waals surface area contributed by atoms with Gasteiger partial charge in [0.2, 0.25) is 0 Å². The van der Waals surface area contributed by atoms with E-state index in [0.29, 0.717) is 0 Å². The minimum atomic E-state index is -0.402. The van der Waals surface area contributed by atoms with Crippen LogP contribution in [0.4, 0.5) is 5.69 Å². The maximum Gasteiger partial charge on any atom is 0.336 e. The Morgan fingerprint density at radius 2 is 1.88 bits per heavy atom.